The van der Waals surface area contributed by atoms with E-state index in [2.05, 4.69) is 20.9 Å². The van der Waals surface area contributed by atoms with Crippen molar-refractivity contribution >= 4 is 22.0 Å². The van der Waals surface area contributed by atoms with Crippen LogP contribution in [0.25, 0.3) is 0 Å². The van der Waals surface area contributed by atoms with Crippen molar-refractivity contribution in [3.8, 4) is 0 Å². The van der Waals surface area contributed by atoms with Gasteiger partial charge >= 0.3 is 6.09 Å². The van der Waals surface area contributed by atoms with Crippen molar-refractivity contribution < 1.29 is 19.0 Å². The van der Waals surface area contributed by atoms with Gasteiger partial charge in [0.2, 0.25) is 0 Å². The zero-order valence-electron chi connectivity index (χ0n) is 14.3. The number of pyridine rings is 1. The highest BCUT2D eigenvalue weighted by Crippen LogP contribution is 2.40. The van der Waals surface area contributed by atoms with Crippen molar-refractivity contribution in [3.05, 3.63) is 28.5 Å². The van der Waals surface area contributed by atoms with Gasteiger partial charge in [-0.2, -0.15) is 0 Å². The molecule has 1 aromatic heterocycles. The molecule has 3 rings (SSSR count). The lowest BCUT2D eigenvalue weighted by molar-refractivity contribution is -0.232. The first-order chi connectivity index (χ1) is 11.3. The molecule has 1 aromatic rings. The Hall–Kier alpha value is -1.18. The lowest BCUT2D eigenvalue weighted by Gasteiger charge is -2.49. The number of likely N-dealkylation sites (tertiary alicyclic amines) is 1. The van der Waals surface area contributed by atoms with Crippen LogP contribution < -0.4 is 0 Å². The summed E-state index contributed by atoms with van der Waals surface area (Å²) in [6, 6.07) is 5.78. The number of halogens is 1. The van der Waals surface area contributed by atoms with Crippen molar-refractivity contribution in [1.29, 1.82) is 0 Å². The first-order valence-corrected chi connectivity index (χ1v) is 8.96. The molecule has 0 bridgehead atoms. The molecule has 2 atom stereocenters. The Morgan fingerprint density at radius 1 is 1.42 bits per heavy atom. The summed E-state index contributed by atoms with van der Waals surface area (Å²) in [4.78, 5) is 18.6. The Balaban J connectivity index is 1.81. The summed E-state index contributed by atoms with van der Waals surface area (Å²) < 4.78 is 18.4. The maximum absolute atomic E-state index is 12.4. The van der Waals surface area contributed by atoms with Gasteiger partial charge in [-0.3, -0.25) is 0 Å². The smallest absolute Gasteiger partial charge is 0.410 e. The molecule has 0 spiro atoms. The van der Waals surface area contributed by atoms with Crippen molar-refractivity contribution in [2.24, 2.45) is 0 Å². The van der Waals surface area contributed by atoms with Gasteiger partial charge in [0.1, 0.15) is 21.9 Å². The van der Waals surface area contributed by atoms with Gasteiger partial charge in [-0.15, -0.1) is 0 Å². The lowest BCUT2D eigenvalue weighted by atomic mass is 9.84. The largest absolute Gasteiger partial charge is 0.444 e. The number of fused-ring (bicyclic) bond motifs is 1. The Kier molecular flexibility index (Phi) is 4.86. The van der Waals surface area contributed by atoms with E-state index in [0.29, 0.717) is 32.7 Å². The third-order valence-electron chi connectivity index (χ3n) is 4.22. The van der Waals surface area contributed by atoms with Gasteiger partial charge < -0.3 is 19.1 Å². The summed E-state index contributed by atoms with van der Waals surface area (Å²) in [6.07, 6.45) is 0.0576. The van der Waals surface area contributed by atoms with E-state index in [-0.39, 0.29) is 12.2 Å². The number of piperidine rings is 1. The average Bonchev–Trinajstić information content (AvgIpc) is 2.52. The summed E-state index contributed by atoms with van der Waals surface area (Å²) in [5, 5.41) is 0. The van der Waals surface area contributed by atoms with E-state index in [1.807, 2.05) is 39.0 Å². The molecule has 2 aliphatic heterocycles. The summed E-state index contributed by atoms with van der Waals surface area (Å²) in [6.45, 7) is 7.62. The lowest BCUT2D eigenvalue weighted by Crippen LogP contribution is -2.60. The van der Waals surface area contributed by atoms with E-state index in [1.54, 1.807) is 4.90 Å². The SMILES string of the molecule is CC(C)(C)OC(=O)N1CC[C@]2(c3cccc(Br)n3)OCCO[C@@H]2C1. The van der Waals surface area contributed by atoms with Crippen LogP contribution in [0.4, 0.5) is 4.79 Å². The molecule has 3 heterocycles. The quantitative estimate of drug-likeness (QED) is 0.680. The molecule has 6 nitrogen and oxygen atoms in total. The van der Waals surface area contributed by atoms with Crippen molar-refractivity contribution in [2.45, 2.75) is 44.5 Å². The molecule has 2 aliphatic rings. The summed E-state index contributed by atoms with van der Waals surface area (Å²) in [7, 11) is 0. The maximum atomic E-state index is 12.4. The minimum absolute atomic E-state index is 0.255. The summed E-state index contributed by atoms with van der Waals surface area (Å²) in [5.41, 5.74) is -0.285. The zero-order valence-corrected chi connectivity index (χ0v) is 15.8. The average molecular weight is 399 g/mol. The van der Waals surface area contributed by atoms with Crippen LogP contribution in [0.5, 0.6) is 0 Å². The highest BCUT2D eigenvalue weighted by molar-refractivity contribution is 9.10. The molecule has 2 saturated heterocycles. The molecule has 7 heteroatoms. The fourth-order valence-corrected chi connectivity index (χ4v) is 3.51. The molecule has 0 aromatic carbocycles. The van der Waals surface area contributed by atoms with E-state index in [4.69, 9.17) is 14.2 Å². The van der Waals surface area contributed by atoms with Crippen LogP contribution in [0.15, 0.2) is 22.8 Å². The van der Waals surface area contributed by atoms with E-state index < -0.39 is 11.2 Å². The number of carbonyl (C=O) groups excluding carboxylic acids is 1. The van der Waals surface area contributed by atoms with Crippen LogP contribution in [0.3, 0.4) is 0 Å². The number of rotatable bonds is 1. The monoisotopic (exact) mass is 398 g/mol. The molecule has 0 N–H and O–H groups in total. The topological polar surface area (TPSA) is 60.9 Å². The number of carbonyl (C=O) groups is 1. The van der Waals surface area contributed by atoms with E-state index >= 15 is 0 Å². The number of aromatic nitrogens is 1. The van der Waals surface area contributed by atoms with Gasteiger partial charge in [0.05, 0.1) is 25.5 Å². The van der Waals surface area contributed by atoms with Crippen molar-refractivity contribution in [3.63, 3.8) is 0 Å². The fraction of sp³-hybridized carbons (Fsp3) is 0.647. The second-order valence-corrected chi connectivity index (χ2v) is 7.93. The molecule has 24 heavy (non-hydrogen) atoms. The third kappa shape index (κ3) is 3.58. The summed E-state index contributed by atoms with van der Waals surface area (Å²) >= 11 is 3.42. The van der Waals surface area contributed by atoms with E-state index in [1.165, 1.54) is 0 Å². The second kappa shape index (κ2) is 6.61. The minimum atomic E-state index is -0.611. The first kappa shape index (κ1) is 17.6. The normalized spacial score (nSPS) is 27.5. The standard InChI is InChI=1S/C17H23BrN2O4/c1-16(2,3)24-15(21)20-8-7-17(12-5-4-6-14(18)19-12)13(11-20)22-9-10-23-17/h4-6,13H,7-11H2,1-3H3/t13-,17-/m1/s1. The Morgan fingerprint density at radius 2 is 2.21 bits per heavy atom. The van der Waals surface area contributed by atoms with Gasteiger partial charge in [-0.1, -0.05) is 6.07 Å². The Labute approximate surface area is 150 Å². The van der Waals surface area contributed by atoms with Crippen molar-refractivity contribution in [1.82, 2.24) is 9.88 Å². The highest BCUT2D eigenvalue weighted by atomic mass is 79.9. The van der Waals surface area contributed by atoms with Crippen LogP contribution in [-0.2, 0) is 19.8 Å². The Bertz CT molecular complexity index is 619. The van der Waals surface area contributed by atoms with Crippen LogP contribution in [0.2, 0.25) is 0 Å². The van der Waals surface area contributed by atoms with Crippen LogP contribution >= 0.6 is 15.9 Å². The van der Waals surface area contributed by atoms with E-state index in [9.17, 15) is 4.79 Å². The number of nitrogens with zero attached hydrogens (tertiary/aromatic N) is 2. The molecule has 0 radical (unpaired) electrons. The predicted molar refractivity (Wildman–Crippen MR) is 91.7 cm³/mol. The summed E-state index contributed by atoms with van der Waals surface area (Å²) in [5.74, 6) is 0. The highest BCUT2D eigenvalue weighted by Gasteiger charge is 2.50. The number of amides is 1. The van der Waals surface area contributed by atoms with Crippen LogP contribution in [0, 0.1) is 0 Å². The fourth-order valence-electron chi connectivity index (χ4n) is 3.17. The number of hydrogen-bond acceptors (Lipinski definition) is 5. The van der Waals surface area contributed by atoms with Crippen LogP contribution in [-0.4, -0.2) is 54.0 Å². The molecule has 2 fully saturated rings. The first-order valence-electron chi connectivity index (χ1n) is 8.17. The molecule has 1 amide bonds. The second-order valence-electron chi connectivity index (χ2n) is 7.12. The molecular weight excluding hydrogens is 376 g/mol. The van der Waals surface area contributed by atoms with Gasteiger partial charge in [0.15, 0.2) is 0 Å². The molecule has 132 valence electrons. The van der Waals surface area contributed by atoms with Gasteiger partial charge in [0.25, 0.3) is 0 Å². The van der Waals surface area contributed by atoms with Gasteiger partial charge in [-0.25, -0.2) is 9.78 Å². The molecule has 0 aliphatic carbocycles. The van der Waals surface area contributed by atoms with Crippen molar-refractivity contribution in [2.75, 3.05) is 26.3 Å². The number of ether oxygens (including phenoxy) is 3. The van der Waals surface area contributed by atoms with Gasteiger partial charge in [-0.05, 0) is 48.8 Å². The predicted octanol–water partition coefficient (Wildman–Crippen LogP) is 3.10. The molecular formula is C17H23BrN2O4. The number of hydrogen-bond donors (Lipinski definition) is 0. The Morgan fingerprint density at radius 3 is 2.92 bits per heavy atom. The third-order valence-corrected chi connectivity index (χ3v) is 4.66. The molecule has 0 unspecified atom stereocenters. The van der Waals surface area contributed by atoms with Gasteiger partial charge in [0, 0.05) is 13.0 Å². The molecule has 0 saturated carbocycles. The zero-order chi connectivity index (χ0) is 17.4. The minimum Gasteiger partial charge on any atom is -0.444 e. The van der Waals surface area contributed by atoms with Crippen LogP contribution in [0.1, 0.15) is 32.9 Å². The van der Waals surface area contributed by atoms with E-state index in [0.717, 1.165) is 10.3 Å². The maximum Gasteiger partial charge on any atom is 0.410 e.